The summed E-state index contributed by atoms with van der Waals surface area (Å²) in [5.41, 5.74) is 0. The van der Waals surface area contributed by atoms with Crippen molar-refractivity contribution >= 4 is 0 Å². The summed E-state index contributed by atoms with van der Waals surface area (Å²) in [7, 11) is 0. The maximum atomic E-state index is 6.50. The van der Waals surface area contributed by atoms with Gasteiger partial charge in [0.2, 0.25) is 0 Å². The Labute approximate surface area is 43.7 Å². The molecule has 0 aromatic carbocycles. The van der Waals surface area contributed by atoms with Crippen molar-refractivity contribution in [2.24, 2.45) is 0 Å². The molecular formula is C5H8N2. The molecule has 0 unspecified atom stereocenters. The summed E-state index contributed by atoms with van der Waals surface area (Å²) in [6.45, 7) is 9.50. The monoisotopic (exact) mass is 96.1 g/mol. The summed E-state index contributed by atoms with van der Waals surface area (Å²) in [4.78, 5) is 2.14. The van der Waals surface area contributed by atoms with Crippen LogP contribution in [0.5, 0.6) is 0 Å². The zero-order valence-corrected chi connectivity index (χ0v) is 4.17. The minimum atomic E-state index is 1.23. The summed E-state index contributed by atoms with van der Waals surface area (Å²) >= 11 is 0. The van der Waals surface area contributed by atoms with E-state index in [9.17, 15) is 0 Å². The van der Waals surface area contributed by atoms with Gasteiger partial charge in [-0.25, -0.2) is 5.26 Å². The first-order valence-electron chi connectivity index (χ1n) is 2.06. The smallest absolute Gasteiger partial charge is 0.0462 e. The fraction of sp³-hybridized carbons (Fsp3) is 0.400. The lowest BCUT2D eigenvalue weighted by molar-refractivity contribution is 0.776. The zero-order valence-electron chi connectivity index (χ0n) is 4.17. The number of rotatable bonds is 1. The Balaban J connectivity index is 0.000000162. The molecule has 1 aliphatic heterocycles. The molecular weight excluding hydrogens is 88.1 g/mol. The van der Waals surface area contributed by atoms with Crippen LogP contribution in [0.4, 0.5) is 0 Å². The first-order valence-corrected chi connectivity index (χ1v) is 2.06. The molecule has 2 nitrogen and oxygen atoms in total. The molecule has 0 amide bonds. The Morgan fingerprint density at radius 3 is 2.00 bits per heavy atom. The second kappa shape index (κ2) is 3.23. The van der Waals surface area contributed by atoms with Crippen LogP contribution in [0.2, 0.25) is 0 Å². The van der Waals surface area contributed by atoms with Crippen molar-refractivity contribution in [2.75, 3.05) is 13.1 Å². The molecule has 1 aliphatic rings. The van der Waals surface area contributed by atoms with Crippen LogP contribution in [0.3, 0.4) is 0 Å². The van der Waals surface area contributed by atoms with Gasteiger partial charge in [0.1, 0.15) is 0 Å². The van der Waals surface area contributed by atoms with Crippen molar-refractivity contribution < 1.29 is 0 Å². The highest BCUT2D eigenvalue weighted by Crippen LogP contribution is 1.99. The molecule has 0 atom stereocenters. The molecule has 38 valence electrons. The lowest BCUT2D eigenvalue weighted by Crippen LogP contribution is -1.73. The van der Waals surface area contributed by atoms with Crippen molar-refractivity contribution in [3.05, 3.63) is 12.8 Å². The van der Waals surface area contributed by atoms with Gasteiger partial charge < -0.3 is 4.90 Å². The maximum absolute atomic E-state index is 6.50. The number of nitriles is 1. The van der Waals surface area contributed by atoms with Crippen molar-refractivity contribution in [2.45, 2.75) is 0 Å². The van der Waals surface area contributed by atoms with Gasteiger partial charge in [0.25, 0.3) is 0 Å². The first kappa shape index (κ1) is 6.03. The van der Waals surface area contributed by atoms with E-state index in [0.717, 1.165) is 0 Å². The fourth-order valence-corrected chi connectivity index (χ4v) is 0.240. The quantitative estimate of drug-likeness (QED) is 0.446. The minimum Gasteiger partial charge on any atom is -0.374 e. The van der Waals surface area contributed by atoms with Crippen molar-refractivity contribution in [3.63, 3.8) is 0 Å². The molecule has 0 saturated carbocycles. The van der Waals surface area contributed by atoms with Gasteiger partial charge in [0, 0.05) is 19.7 Å². The Bertz CT molecular complexity index is 71.4. The third kappa shape index (κ3) is 2.84. The van der Waals surface area contributed by atoms with Gasteiger partial charge in [-0.1, -0.05) is 6.58 Å². The first-order chi connectivity index (χ1) is 3.43. The zero-order chi connectivity index (χ0) is 5.70. The second-order valence-corrected chi connectivity index (χ2v) is 1.22. The molecule has 0 radical (unpaired) electrons. The number of nitrogens with zero attached hydrogens (tertiary/aromatic N) is 2. The minimum absolute atomic E-state index is 1.23. The highest BCUT2D eigenvalue weighted by atomic mass is 15.2. The second-order valence-electron chi connectivity index (χ2n) is 1.22. The molecule has 1 heterocycles. The van der Waals surface area contributed by atoms with E-state index in [-0.39, 0.29) is 0 Å². The third-order valence-electron chi connectivity index (χ3n) is 0.740. The highest BCUT2D eigenvalue weighted by molar-refractivity contribution is 4.82. The SMILES string of the molecule is C#N.C=CN1CC1. The van der Waals surface area contributed by atoms with Crippen LogP contribution < -0.4 is 0 Å². The maximum Gasteiger partial charge on any atom is 0.0462 e. The Morgan fingerprint density at radius 2 is 2.00 bits per heavy atom. The predicted molar refractivity (Wildman–Crippen MR) is 28.4 cm³/mol. The van der Waals surface area contributed by atoms with E-state index in [1.807, 2.05) is 6.20 Å². The Hall–Kier alpha value is -0.970. The average molecular weight is 96.1 g/mol. The fourth-order valence-electron chi connectivity index (χ4n) is 0.240. The topological polar surface area (TPSA) is 26.8 Å². The molecule has 0 aromatic rings. The van der Waals surface area contributed by atoms with Crippen LogP contribution in [0.1, 0.15) is 0 Å². The van der Waals surface area contributed by atoms with Crippen LogP contribution in [0, 0.1) is 11.8 Å². The van der Waals surface area contributed by atoms with E-state index < -0.39 is 0 Å². The summed E-state index contributed by atoms with van der Waals surface area (Å²) in [6.07, 6.45) is 1.86. The van der Waals surface area contributed by atoms with Gasteiger partial charge in [-0.2, -0.15) is 0 Å². The number of hydrogen-bond donors (Lipinski definition) is 0. The van der Waals surface area contributed by atoms with E-state index in [4.69, 9.17) is 5.26 Å². The largest absolute Gasteiger partial charge is 0.374 e. The molecule has 1 rings (SSSR count). The lowest BCUT2D eigenvalue weighted by Gasteiger charge is -1.77. The molecule has 0 bridgehead atoms. The third-order valence-corrected chi connectivity index (χ3v) is 0.740. The van der Waals surface area contributed by atoms with E-state index in [1.54, 1.807) is 0 Å². The summed E-state index contributed by atoms with van der Waals surface area (Å²) < 4.78 is 0. The van der Waals surface area contributed by atoms with Crippen LogP contribution >= 0.6 is 0 Å². The molecule has 7 heavy (non-hydrogen) atoms. The molecule has 2 heteroatoms. The van der Waals surface area contributed by atoms with Gasteiger partial charge in [-0.15, -0.1) is 0 Å². The van der Waals surface area contributed by atoms with Crippen molar-refractivity contribution in [1.82, 2.24) is 4.90 Å². The van der Waals surface area contributed by atoms with E-state index >= 15 is 0 Å². The average Bonchev–Trinajstić information content (AvgIpc) is 2.52. The molecule has 0 aliphatic carbocycles. The van der Waals surface area contributed by atoms with Crippen LogP contribution in [-0.2, 0) is 0 Å². The van der Waals surface area contributed by atoms with Gasteiger partial charge in [-0.3, -0.25) is 0 Å². The van der Waals surface area contributed by atoms with Crippen molar-refractivity contribution in [1.29, 1.82) is 5.26 Å². The number of hydrogen-bond acceptors (Lipinski definition) is 2. The lowest BCUT2D eigenvalue weighted by atomic mass is 11.0. The summed E-state index contributed by atoms with van der Waals surface area (Å²) in [5, 5.41) is 6.50. The molecule has 0 N–H and O–H groups in total. The normalized spacial score (nSPS) is 13.7. The highest BCUT2D eigenvalue weighted by Gasteiger charge is 2.08. The molecule has 1 fully saturated rings. The van der Waals surface area contributed by atoms with E-state index in [0.29, 0.717) is 0 Å². The molecule has 1 saturated heterocycles. The van der Waals surface area contributed by atoms with Crippen LogP contribution in [-0.4, -0.2) is 18.0 Å². The predicted octanol–water partition coefficient (Wildman–Crippen LogP) is 0.585. The van der Waals surface area contributed by atoms with Gasteiger partial charge in [0.15, 0.2) is 0 Å². The Kier molecular flexibility index (Phi) is 2.78. The summed E-state index contributed by atoms with van der Waals surface area (Å²) in [5.74, 6) is 0. The van der Waals surface area contributed by atoms with Gasteiger partial charge >= 0.3 is 0 Å². The van der Waals surface area contributed by atoms with Crippen LogP contribution in [0.15, 0.2) is 12.8 Å². The van der Waals surface area contributed by atoms with E-state index in [1.165, 1.54) is 13.1 Å². The molecule has 0 spiro atoms. The van der Waals surface area contributed by atoms with Crippen LogP contribution in [0.25, 0.3) is 0 Å². The standard InChI is InChI=1S/C4H7N.CHN/c1-2-5-3-4-5;1-2/h2H,1,3-4H2;1H. The van der Waals surface area contributed by atoms with E-state index in [2.05, 4.69) is 18.1 Å². The van der Waals surface area contributed by atoms with Gasteiger partial charge in [-0.05, 0) is 6.20 Å². The molecule has 0 aromatic heterocycles. The van der Waals surface area contributed by atoms with Gasteiger partial charge in [0.05, 0.1) is 0 Å². The van der Waals surface area contributed by atoms with Crippen molar-refractivity contribution in [3.8, 4) is 6.57 Å². The Morgan fingerprint density at radius 1 is 1.57 bits per heavy atom. The summed E-state index contributed by atoms with van der Waals surface area (Å²) in [6, 6.07) is 0.